The van der Waals surface area contributed by atoms with E-state index in [1.165, 1.54) is 0 Å². The van der Waals surface area contributed by atoms with E-state index < -0.39 is 0 Å². The van der Waals surface area contributed by atoms with Crippen LogP contribution in [0.5, 0.6) is 0 Å². The molecule has 0 unspecified atom stereocenters. The van der Waals surface area contributed by atoms with Crippen molar-refractivity contribution in [2.75, 3.05) is 19.6 Å². The third kappa shape index (κ3) is 3.01. The van der Waals surface area contributed by atoms with Gasteiger partial charge in [0.25, 0.3) is 5.91 Å². The van der Waals surface area contributed by atoms with E-state index in [9.17, 15) is 4.79 Å². The largest absolute Gasteiger partial charge is 0.352 e. The molecular formula is C15H17BrN4O. The zero-order valence-electron chi connectivity index (χ0n) is 11.8. The molecule has 0 bridgehead atoms. The summed E-state index contributed by atoms with van der Waals surface area (Å²) in [5, 5.41) is 10.5. The molecule has 1 fully saturated rings. The maximum Gasteiger partial charge on any atom is 0.254 e. The van der Waals surface area contributed by atoms with Crippen molar-refractivity contribution in [1.29, 1.82) is 0 Å². The summed E-state index contributed by atoms with van der Waals surface area (Å²) in [6.07, 6.45) is 1.63. The van der Waals surface area contributed by atoms with E-state index in [0.717, 1.165) is 35.5 Å². The molecule has 2 N–H and O–H groups in total. The number of carbonyl (C=O) groups excluding carboxylic acids is 1. The average Bonchev–Trinajstić information content (AvgIpc) is 2.80. The zero-order chi connectivity index (χ0) is 14.8. The van der Waals surface area contributed by atoms with Crippen LogP contribution in [0.1, 0.15) is 16.1 Å². The molecule has 1 aliphatic rings. The van der Waals surface area contributed by atoms with Gasteiger partial charge in [0.1, 0.15) is 0 Å². The molecule has 0 atom stereocenters. The van der Waals surface area contributed by atoms with Gasteiger partial charge in [0.15, 0.2) is 0 Å². The number of nitrogens with one attached hydrogen (secondary N) is 2. The van der Waals surface area contributed by atoms with Crippen LogP contribution in [-0.2, 0) is 0 Å². The summed E-state index contributed by atoms with van der Waals surface area (Å²) in [6.45, 7) is 4.60. The summed E-state index contributed by atoms with van der Waals surface area (Å²) >= 11 is 3.41. The predicted molar refractivity (Wildman–Crippen MR) is 84.7 cm³/mol. The van der Waals surface area contributed by atoms with Crippen molar-refractivity contribution in [3.05, 3.63) is 46.2 Å². The topological polar surface area (TPSA) is 59.0 Å². The molecule has 1 saturated heterocycles. The summed E-state index contributed by atoms with van der Waals surface area (Å²) in [7, 11) is 0. The van der Waals surface area contributed by atoms with Crippen molar-refractivity contribution >= 4 is 21.8 Å². The van der Waals surface area contributed by atoms with Crippen LogP contribution in [0.25, 0.3) is 5.69 Å². The quantitative estimate of drug-likeness (QED) is 0.886. The summed E-state index contributed by atoms with van der Waals surface area (Å²) in [6, 6.07) is 7.84. The van der Waals surface area contributed by atoms with E-state index in [-0.39, 0.29) is 5.91 Å². The van der Waals surface area contributed by atoms with Crippen molar-refractivity contribution in [3.63, 3.8) is 0 Å². The van der Waals surface area contributed by atoms with Crippen LogP contribution in [0.4, 0.5) is 0 Å². The summed E-state index contributed by atoms with van der Waals surface area (Å²) < 4.78 is 2.80. The molecule has 1 amide bonds. The number of hydrogen-bond donors (Lipinski definition) is 2. The Bertz CT molecular complexity index is 646. The van der Waals surface area contributed by atoms with E-state index in [1.54, 1.807) is 10.9 Å². The Morgan fingerprint density at radius 1 is 1.43 bits per heavy atom. The normalized spacial score (nSPS) is 14.8. The third-order valence-corrected chi connectivity index (χ3v) is 4.27. The van der Waals surface area contributed by atoms with Gasteiger partial charge in [0.05, 0.1) is 23.1 Å². The molecule has 1 aromatic carbocycles. The lowest BCUT2D eigenvalue weighted by molar-refractivity contribution is 0.0941. The first-order valence-corrected chi connectivity index (χ1v) is 7.74. The second kappa shape index (κ2) is 5.99. The minimum Gasteiger partial charge on any atom is -0.352 e. The molecule has 110 valence electrons. The molecule has 0 aliphatic carbocycles. The molecule has 2 aromatic rings. The third-order valence-electron chi connectivity index (χ3n) is 3.74. The van der Waals surface area contributed by atoms with Crippen LogP contribution in [0.15, 0.2) is 34.9 Å². The molecule has 5 nitrogen and oxygen atoms in total. The average molecular weight is 349 g/mol. The van der Waals surface area contributed by atoms with E-state index in [1.807, 2.05) is 31.2 Å². The predicted octanol–water partition coefficient (Wildman–Crippen LogP) is 1.89. The first-order chi connectivity index (χ1) is 10.1. The van der Waals surface area contributed by atoms with E-state index in [0.29, 0.717) is 11.5 Å². The monoisotopic (exact) mass is 348 g/mol. The highest BCUT2D eigenvalue weighted by molar-refractivity contribution is 9.10. The van der Waals surface area contributed by atoms with Gasteiger partial charge < -0.3 is 10.6 Å². The van der Waals surface area contributed by atoms with Gasteiger partial charge in [-0.15, -0.1) is 0 Å². The molecule has 1 aliphatic heterocycles. The van der Waals surface area contributed by atoms with Gasteiger partial charge in [0, 0.05) is 30.0 Å². The maximum atomic E-state index is 12.2. The van der Waals surface area contributed by atoms with Gasteiger partial charge in [-0.05, 0) is 31.2 Å². The molecule has 6 heteroatoms. The highest BCUT2D eigenvalue weighted by Gasteiger charge is 2.19. The Morgan fingerprint density at radius 2 is 2.14 bits per heavy atom. The van der Waals surface area contributed by atoms with Crippen LogP contribution in [0.3, 0.4) is 0 Å². The smallest absolute Gasteiger partial charge is 0.254 e. The number of rotatable bonds is 4. The molecule has 2 heterocycles. The number of aromatic nitrogens is 2. The van der Waals surface area contributed by atoms with Crippen LogP contribution in [0.2, 0.25) is 0 Å². The number of carbonyl (C=O) groups is 1. The van der Waals surface area contributed by atoms with E-state index in [4.69, 9.17) is 0 Å². The Morgan fingerprint density at radius 3 is 2.76 bits per heavy atom. The standard InChI is InChI=1S/C15H17BrN4O/c1-10-14(15(21)18-8-11-6-17-7-11)9-19-20(10)13-4-2-12(16)3-5-13/h2-5,9,11,17H,6-8H2,1H3,(H,18,21). The van der Waals surface area contributed by atoms with Gasteiger partial charge in [-0.25, -0.2) is 4.68 Å². The number of halogens is 1. The molecule has 21 heavy (non-hydrogen) atoms. The van der Waals surface area contributed by atoms with Crippen LogP contribution >= 0.6 is 15.9 Å². The first kappa shape index (κ1) is 14.3. The summed E-state index contributed by atoms with van der Waals surface area (Å²) in [5.41, 5.74) is 2.42. The van der Waals surface area contributed by atoms with Crippen LogP contribution in [0, 0.1) is 12.8 Å². The Kier molecular flexibility index (Phi) is 4.07. The van der Waals surface area contributed by atoms with E-state index >= 15 is 0 Å². The Hall–Kier alpha value is -1.66. The van der Waals surface area contributed by atoms with Gasteiger partial charge in [-0.3, -0.25) is 4.79 Å². The van der Waals surface area contributed by atoms with Gasteiger partial charge in [-0.2, -0.15) is 5.10 Å². The van der Waals surface area contributed by atoms with Crippen molar-refractivity contribution in [2.45, 2.75) is 6.92 Å². The highest BCUT2D eigenvalue weighted by atomic mass is 79.9. The molecule has 0 saturated carbocycles. The Labute approximate surface area is 131 Å². The molecule has 0 radical (unpaired) electrons. The second-order valence-corrected chi connectivity index (χ2v) is 6.18. The van der Waals surface area contributed by atoms with Crippen molar-refractivity contribution in [2.24, 2.45) is 5.92 Å². The van der Waals surface area contributed by atoms with Crippen molar-refractivity contribution in [1.82, 2.24) is 20.4 Å². The number of nitrogens with zero attached hydrogens (tertiary/aromatic N) is 2. The fraction of sp³-hybridized carbons (Fsp3) is 0.333. The number of hydrogen-bond acceptors (Lipinski definition) is 3. The molecule has 0 spiro atoms. The maximum absolute atomic E-state index is 12.2. The van der Waals surface area contributed by atoms with Gasteiger partial charge in [0.2, 0.25) is 0 Å². The van der Waals surface area contributed by atoms with Crippen molar-refractivity contribution in [3.8, 4) is 5.69 Å². The van der Waals surface area contributed by atoms with Gasteiger partial charge >= 0.3 is 0 Å². The first-order valence-electron chi connectivity index (χ1n) is 6.94. The fourth-order valence-electron chi connectivity index (χ4n) is 2.30. The second-order valence-electron chi connectivity index (χ2n) is 5.27. The molecular weight excluding hydrogens is 332 g/mol. The fourth-order valence-corrected chi connectivity index (χ4v) is 2.56. The zero-order valence-corrected chi connectivity index (χ0v) is 13.4. The highest BCUT2D eigenvalue weighted by Crippen LogP contribution is 2.17. The van der Waals surface area contributed by atoms with Crippen molar-refractivity contribution < 1.29 is 4.79 Å². The van der Waals surface area contributed by atoms with Crippen LogP contribution in [-0.4, -0.2) is 35.3 Å². The lowest BCUT2D eigenvalue weighted by Gasteiger charge is -2.27. The van der Waals surface area contributed by atoms with E-state index in [2.05, 4.69) is 31.7 Å². The number of benzene rings is 1. The van der Waals surface area contributed by atoms with Crippen LogP contribution < -0.4 is 10.6 Å². The summed E-state index contributed by atoms with van der Waals surface area (Å²) in [5.74, 6) is 0.499. The number of amides is 1. The lowest BCUT2D eigenvalue weighted by Crippen LogP contribution is -2.48. The summed E-state index contributed by atoms with van der Waals surface area (Å²) in [4.78, 5) is 12.2. The molecule has 3 rings (SSSR count). The minimum absolute atomic E-state index is 0.0530. The Balaban J connectivity index is 1.74. The molecule has 1 aromatic heterocycles. The van der Waals surface area contributed by atoms with Gasteiger partial charge in [-0.1, -0.05) is 15.9 Å². The minimum atomic E-state index is -0.0530. The lowest BCUT2D eigenvalue weighted by atomic mass is 10.0. The SMILES string of the molecule is Cc1c(C(=O)NCC2CNC2)cnn1-c1ccc(Br)cc1.